The van der Waals surface area contributed by atoms with Crippen LogP contribution in [0.2, 0.25) is 0 Å². The van der Waals surface area contributed by atoms with Gasteiger partial charge in [-0.2, -0.15) is 0 Å². The van der Waals surface area contributed by atoms with Gasteiger partial charge in [0.15, 0.2) is 0 Å². The molecule has 0 heteroatoms. The van der Waals surface area contributed by atoms with Crippen molar-refractivity contribution in [1.82, 2.24) is 0 Å². The molecule has 0 unspecified atom stereocenters. The number of rotatable bonds is 3. The molecule has 0 spiro atoms. The molecule has 0 atom stereocenters. The van der Waals surface area contributed by atoms with Crippen molar-refractivity contribution < 1.29 is 0 Å². The molecule has 0 saturated carbocycles. The highest BCUT2D eigenvalue weighted by Crippen LogP contribution is 2.04. The Balaban J connectivity index is 0. The summed E-state index contributed by atoms with van der Waals surface area (Å²) in [5, 5.41) is 2.34. The summed E-state index contributed by atoms with van der Waals surface area (Å²) in [6.45, 7) is 21.4. The molecule has 1 aromatic carbocycles. The zero-order valence-electron chi connectivity index (χ0n) is 13.2. The Labute approximate surface area is 119 Å². The lowest BCUT2D eigenvalue weighted by molar-refractivity contribution is 1.46. The molecule has 0 heterocycles. The molecule has 0 N–H and O–H groups in total. The van der Waals surface area contributed by atoms with Crippen LogP contribution in [0, 0.1) is 0 Å². The fourth-order valence-corrected chi connectivity index (χ4v) is 1.63. The first-order valence-electron chi connectivity index (χ1n) is 6.95. The van der Waals surface area contributed by atoms with Gasteiger partial charge >= 0.3 is 0 Å². The van der Waals surface area contributed by atoms with Crippen molar-refractivity contribution in [2.45, 2.75) is 34.6 Å². The van der Waals surface area contributed by atoms with E-state index in [4.69, 9.17) is 0 Å². The van der Waals surface area contributed by atoms with Gasteiger partial charge in [-0.15, -0.1) is 0 Å². The molecule has 0 aliphatic heterocycles. The van der Waals surface area contributed by atoms with Crippen molar-refractivity contribution in [1.29, 1.82) is 0 Å². The molecule has 1 aromatic rings. The van der Waals surface area contributed by atoms with Crippen molar-refractivity contribution in [2.24, 2.45) is 0 Å². The third-order valence-electron chi connectivity index (χ3n) is 2.37. The maximum atomic E-state index is 3.84. The molecule has 19 heavy (non-hydrogen) atoms. The first-order valence-corrected chi connectivity index (χ1v) is 6.95. The van der Waals surface area contributed by atoms with Gasteiger partial charge in [0.2, 0.25) is 0 Å². The lowest BCUT2D eigenvalue weighted by atomic mass is 10.0. The Bertz CT molecular complexity index is 502. The van der Waals surface area contributed by atoms with E-state index in [-0.39, 0.29) is 0 Å². The fourth-order valence-electron chi connectivity index (χ4n) is 1.63. The predicted molar refractivity (Wildman–Crippen MR) is 93.4 cm³/mol. The summed E-state index contributed by atoms with van der Waals surface area (Å²) >= 11 is 0. The van der Waals surface area contributed by atoms with Crippen LogP contribution >= 0.6 is 0 Å². The summed E-state index contributed by atoms with van der Waals surface area (Å²) in [6.07, 6.45) is 9.58. The second-order valence-electron chi connectivity index (χ2n) is 3.17. The fraction of sp³-hybridized carbons (Fsp3) is 0.263. The van der Waals surface area contributed by atoms with Crippen LogP contribution < -0.4 is 10.4 Å². The average Bonchev–Trinajstić information content (AvgIpc) is 2.51. The standard InChI is InChI=1S/C15H16.2C2H6/c1-5-9-15-13(7-3)11-10-12(6-2)14(15)8-4;2*1-2/h5-11H,1-2,4H2,3H3;2*1-2H3/b13-7-,15-9+;;. The first kappa shape index (κ1) is 19.5. The summed E-state index contributed by atoms with van der Waals surface area (Å²) in [6, 6.07) is 4.14. The quantitative estimate of drug-likeness (QED) is 0.729. The van der Waals surface area contributed by atoms with E-state index in [0.29, 0.717) is 0 Å². The maximum Gasteiger partial charge on any atom is -0.0109 e. The van der Waals surface area contributed by atoms with Crippen molar-refractivity contribution in [3.8, 4) is 0 Å². The van der Waals surface area contributed by atoms with Crippen LogP contribution in [0.3, 0.4) is 0 Å². The van der Waals surface area contributed by atoms with E-state index in [0.717, 1.165) is 16.3 Å². The molecular weight excluding hydrogens is 228 g/mol. The minimum absolute atomic E-state index is 1.10. The largest absolute Gasteiger partial charge is 0.0990 e. The normalized spacial score (nSPS) is 10.6. The van der Waals surface area contributed by atoms with Crippen LogP contribution in [0.15, 0.2) is 37.9 Å². The smallest absolute Gasteiger partial charge is 0.0109 e. The molecule has 0 aliphatic carbocycles. The van der Waals surface area contributed by atoms with Crippen LogP contribution in [0.4, 0.5) is 0 Å². The van der Waals surface area contributed by atoms with Crippen LogP contribution in [0.25, 0.3) is 24.3 Å². The lowest BCUT2D eigenvalue weighted by Crippen LogP contribution is -2.27. The van der Waals surface area contributed by atoms with E-state index in [1.54, 1.807) is 6.08 Å². The van der Waals surface area contributed by atoms with Gasteiger partial charge in [-0.25, -0.2) is 0 Å². The van der Waals surface area contributed by atoms with Gasteiger partial charge in [-0.3, -0.25) is 0 Å². The van der Waals surface area contributed by atoms with Gasteiger partial charge in [0.25, 0.3) is 0 Å². The topological polar surface area (TPSA) is 0 Å². The first-order chi connectivity index (χ1) is 9.28. The highest BCUT2D eigenvalue weighted by molar-refractivity contribution is 5.66. The number of allylic oxidation sites excluding steroid dienone is 1. The summed E-state index contributed by atoms with van der Waals surface area (Å²) in [7, 11) is 0. The second kappa shape index (κ2) is 12.6. The summed E-state index contributed by atoms with van der Waals surface area (Å²) in [5.74, 6) is 0. The van der Waals surface area contributed by atoms with Crippen LogP contribution in [0.5, 0.6) is 0 Å². The van der Waals surface area contributed by atoms with Crippen molar-refractivity contribution in [2.75, 3.05) is 0 Å². The molecule has 0 fully saturated rings. The van der Waals surface area contributed by atoms with Gasteiger partial charge in [0.05, 0.1) is 0 Å². The van der Waals surface area contributed by atoms with Crippen LogP contribution in [-0.2, 0) is 0 Å². The third-order valence-corrected chi connectivity index (χ3v) is 2.37. The summed E-state index contributed by atoms with van der Waals surface area (Å²) < 4.78 is 0. The lowest BCUT2D eigenvalue weighted by Gasteiger charge is -2.02. The monoisotopic (exact) mass is 256 g/mol. The molecular formula is C19H28. The van der Waals surface area contributed by atoms with Crippen LogP contribution in [-0.4, -0.2) is 0 Å². The zero-order chi connectivity index (χ0) is 15.3. The van der Waals surface area contributed by atoms with Crippen molar-refractivity contribution in [3.05, 3.63) is 59.5 Å². The van der Waals surface area contributed by atoms with E-state index in [1.807, 2.05) is 52.8 Å². The summed E-state index contributed by atoms with van der Waals surface area (Å²) in [4.78, 5) is 0. The Hall–Kier alpha value is -1.82. The third kappa shape index (κ3) is 5.56. The molecule has 0 radical (unpaired) electrons. The van der Waals surface area contributed by atoms with E-state index >= 15 is 0 Å². The Morgan fingerprint density at radius 2 is 1.47 bits per heavy atom. The predicted octanol–water partition coefficient (Wildman–Crippen LogP) is 4.79. The summed E-state index contributed by atoms with van der Waals surface area (Å²) in [5.41, 5.74) is 2.21. The maximum absolute atomic E-state index is 3.84. The van der Waals surface area contributed by atoms with Crippen molar-refractivity contribution in [3.63, 3.8) is 0 Å². The molecule has 0 bridgehead atoms. The second-order valence-corrected chi connectivity index (χ2v) is 3.17. The van der Waals surface area contributed by atoms with E-state index < -0.39 is 0 Å². The van der Waals surface area contributed by atoms with Gasteiger partial charge < -0.3 is 0 Å². The Morgan fingerprint density at radius 3 is 1.84 bits per heavy atom. The highest BCUT2D eigenvalue weighted by Gasteiger charge is 1.97. The van der Waals surface area contributed by atoms with Gasteiger partial charge in [-0.05, 0) is 28.5 Å². The Morgan fingerprint density at radius 1 is 0.895 bits per heavy atom. The van der Waals surface area contributed by atoms with E-state index in [9.17, 15) is 0 Å². The van der Waals surface area contributed by atoms with Gasteiger partial charge in [0.1, 0.15) is 0 Å². The van der Waals surface area contributed by atoms with E-state index in [1.165, 1.54) is 5.22 Å². The number of hydrogen-bond acceptors (Lipinski definition) is 0. The molecule has 104 valence electrons. The van der Waals surface area contributed by atoms with Crippen molar-refractivity contribution >= 4 is 24.3 Å². The Kier molecular flexibility index (Phi) is 13.0. The minimum Gasteiger partial charge on any atom is -0.0990 e. The van der Waals surface area contributed by atoms with E-state index in [2.05, 4.69) is 37.9 Å². The van der Waals surface area contributed by atoms with Gasteiger partial charge in [0, 0.05) is 0 Å². The van der Waals surface area contributed by atoms with Gasteiger partial charge in [-0.1, -0.05) is 89.9 Å². The molecule has 0 aliphatic rings. The molecule has 0 aromatic heterocycles. The molecule has 1 rings (SSSR count). The zero-order valence-corrected chi connectivity index (χ0v) is 13.2. The minimum atomic E-state index is 1.10. The highest BCUT2D eigenvalue weighted by atomic mass is 14.0. The molecule has 0 amide bonds. The molecule has 0 saturated heterocycles. The number of hydrogen-bond donors (Lipinski definition) is 0. The number of benzene rings is 1. The van der Waals surface area contributed by atoms with Crippen LogP contribution in [0.1, 0.15) is 45.7 Å². The molecule has 0 nitrogen and oxygen atoms in total. The SMILES string of the molecule is C=C/C=c1/c(C=C)c(C=C)cc/c1=C/C.CC.CC. The average molecular weight is 256 g/mol.